The fraction of sp³-hybridized carbons (Fsp3) is 0.407. The number of likely N-dealkylation sites (tertiary alicyclic amines) is 1. The molecule has 5 rings (SSSR count). The van der Waals surface area contributed by atoms with E-state index < -0.39 is 15.4 Å². The van der Waals surface area contributed by atoms with Gasteiger partial charge in [-0.1, -0.05) is 12.1 Å². The number of fused-ring (bicyclic) bond motifs is 1. The van der Waals surface area contributed by atoms with E-state index in [0.717, 1.165) is 29.5 Å². The van der Waals surface area contributed by atoms with Crippen LogP contribution in [0.3, 0.4) is 0 Å². The molecule has 0 atom stereocenters. The van der Waals surface area contributed by atoms with E-state index in [9.17, 15) is 13.2 Å². The molecule has 1 aromatic carbocycles. The topological polar surface area (TPSA) is 112 Å². The van der Waals surface area contributed by atoms with Crippen LogP contribution < -0.4 is 0 Å². The van der Waals surface area contributed by atoms with Gasteiger partial charge < -0.3 is 9.64 Å². The molecule has 10 nitrogen and oxygen atoms in total. The van der Waals surface area contributed by atoms with Crippen molar-refractivity contribution in [2.24, 2.45) is 0 Å². The highest BCUT2D eigenvalue weighted by Gasteiger charge is 2.28. The molecule has 0 unspecified atom stereocenters. The SMILES string of the molecule is CC(C)(C)OC(=O)N1CCC(n2cc(Cc3nc4c(-c5ccc(S(C)(=O)=O)cc5)cccn4n3)cn2)CC1. The summed E-state index contributed by atoms with van der Waals surface area (Å²) in [6.07, 6.45) is 8.82. The summed E-state index contributed by atoms with van der Waals surface area (Å²) in [7, 11) is -3.26. The molecule has 1 aliphatic heterocycles. The summed E-state index contributed by atoms with van der Waals surface area (Å²) in [5, 5.41) is 9.23. The number of piperidine rings is 1. The van der Waals surface area contributed by atoms with Gasteiger partial charge in [-0.2, -0.15) is 10.2 Å². The van der Waals surface area contributed by atoms with Crippen molar-refractivity contribution < 1.29 is 17.9 Å². The molecule has 1 saturated heterocycles. The number of rotatable bonds is 5. The molecular weight excluding hydrogens is 504 g/mol. The Morgan fingerprint density at radius 3 is 2.47 bits per heavy atom. The van der Waals surface area contributed by atoms with Crippen molar-refractivity contribution in [3.8, 4) is 11.1 Å². The summed E-state index contributed by atoms with van der Waals surface area (Å²) in [6.45, 7) is 6.90. The number of carbonyl (C=O) groups is 1. The minimum atomic E-state index is -3.26. The van der Waals surface area contributed by atoms with Crippen LogP contribution in [0.4, 0.5) is 4.79 Å². The third-order valence-electron chi connectivity index (χ3n) is 6.51. The normalized spacial score (nSPS) is 15.2. The van der Waals surface area contributed by atoms with Crippen molar-refractivity contribution in [3.63, 3.8) is 0 Å². The fourth-order valence-corrected chi connectivity index (χ4v) is 5.25. The predicted molar refractivity (Wildman–Crippen MR) is 143 cm³/mol. The average molecular weight is 537 g/mol. The molecule has 0 aliphatic carbocycles. The number of hydrogen-bond acceptors (Lipinski definition) is 7. The molecule has 4 heterocycles. The maximum Gasteiger partial charge on any atom is 0.410 e. The van der Waals surface area contributed by atoms with Gasteiger partial charge in [0.1, 0.15) is 5.60 Å². The molecule has 1 amide bonds. The van der Waals surface area contributed by atoms with Crippen LogP contribution in [-0.4, -0.2) is 68.7 Å². The second kappa shape index (κ2) is 9.86. The highest BCUT2D eigenvalue weighted by molar-refractivity contribution is 7.90. The number of pyridine rings is 1. The highest BCUT2D eigenvalue weighted by Crippen LogP contribution is 2.26. The van der Waals surface area contributed by atoms with Crippen molar-refractivity contribution in [2.75, 3.05) is 19.3 Å². The molecule has 0 spiro atoms. The molecule has 0 saturated carbocycles. The zero-order valence-corrected chi connectivity index (χ0v) is 22.9. The Labute approximate surface area is 222 Å². The van der Waals surface area contributed by atoms with Crippen LogP contribution in [0.2, 0.25) is 0 Å². The molecule has 11 heteroatoms. The summed E-state index contributed by atoms with van der Waals surface area (Å²) < 4.78 is 32.8. The number of carbonyl (C=O) groups excluding carboxylic acids is 1. The Kier molecular flexibility index (Phi) is 6.72. The number of benzene rings is 1. The Balaban J connectivity index is 1.27. The molecule has 0 bridgehead atoms. The quantitative estimate of drug-likeness (QED) is 0.376. The van der Waals surface area contributed by atoms with Gasteiger partial charge in [0.2, 0.25) is 0 Å². The molecule has 38 heavy (non-hydrogen) atoms. The summed E-state index contributed by atoms with van der Waals surface area (Å²) in [4.78, 5) is 19.2. The second-order valence-electron chi connectivity index (χ2n) is 10.7. The molecule has 1 fully saturated rings. The maximum atomic E-state index is 12.3. The number of ether oxygens (including phenoxy) is 1. The van der Waals surface area contributed by atoms with Crippen LogP contribution in [0, 0.1) is 0 Å². The lowest BCUT2D eigenvalue weighted by Gasteiger charge is -2.33. The second-order valence-corrected chi connectivity index (χ2v) is 12.7. The molecule has 3 aromatic heterocycles. The van der Waals surface area contributed by atoms with Crippen LogP contribution in [-0.2, 0) is 21.0 Å². The molecule has 200 valence electrons. The van der Waals surface area contributed by atoms with E-state index >= 15 is 0 Å². The summed E-state index contributed by atoms with van der Waals surface area (Å²) >= 11 is 0. The number of sulfone groups is 1. The zero-order chi connectivity index (χ0) is 27.1. The first-order valence-corrected chi connectivity index (χ1v) is 14.5. The van der Waals surface area contributed by atoms with Gasteiger partial charge in [0, 0.05) is 43.7 Å². The minimum absolute atomic E-state index is 0.220. The Morgan fingerprint density at radius 1 is 1.11 bits per heavy atom. The largest absolute Gasteiger partial charge is 0.444 e. The third kappa shape index (κ3) is 5.72. The van der Waals surface area contributed by atoms with Crippen molar-refractivity contribution in [2.45, 2.75) is 56.6 Å². The predicted octanol–water partition coefficient (Wildman–Crippen LogP) is 4.16. The van der Waals surface area contributed by atoms with Gasteiger partial charge in [-0.25, -0.2) is 22.7 Å². The zero-order valence-electron chi connectivity index (χ0n) is 22.0. The van der Waals surface area contributed by atoms with Gasteiger partial charge in [0.25, 0.3) is 0 Å². The van der Waals surface area contributed by atoms with Crippen LogP contribution in [0.1, 0.15) is 51.0 Å². The van der Waals surface area contributed by atoms with E-state index in [0.29, 0.717) is 31.0 Å². The van der Waals surface area contributed by atoms with E-state index in [1.807, 2.05) is 56.2 Å². The molecule has 0 radical (unpaired) electrons. The van der Waals surface area contributed by atoms with E-state index in [4.69, 9.17) is 9.72 Å². The van der Waals surface area contributed by atoms with Gasteiger partial charge >= 0.3 is 6.09 Å². The molecule has 0 N–H and O–H groups in total. The summed E-state index contributed by atoms with van der Waals surface area (Å²) in [5.41, 5.74) is 2.96. The fourth-order valence-electron chi connectivity index (χ4n) is 4.62. The smallest absolute Gasteiger partial charge is 0.410 e. The number of hydrogen-bond donors (Lipinski definition) is 0. The lowest BCUT2D eigenvalue weighted by molar-refractivity contribution is 0.0184. The average Bonchev–Trinajstić information content (AvgIpc) is 3.49. The maximum absolute atomic E-state index is 12.3. The van der Waals surface area contributed by atoms with Gasteiger partial charge in [0.05, 0.1) is 17.1 Å². The third-order valence-corrected chi connectivity index (χ3v) is 7.64. The Morgan fingerprint density at radius 2 is 1.82 bits per heavy atom. The summed E-state index contributed by atoms with van der Waals surface area (Å²) in [6, 6.07) is 10.9. The number of amides is 1. The first kappa shape index (κ1) is 25.9. The van der Waals surface area contributed by atoms with Crippen LogP contribution >= 0.6 is 0 Å². The Hall–Kier alpha value is -3.73. The monoisotopic (exact) mass is 536 g/mol. The van der Waals surface area contributed by atoms with Crippen molar-refractivity contribution in [1.29, 1.82) is 0 Å². The number of nitrogens with zero attached hydrogens (tertiary/aromatic N) is 6. The first-order valence-electron chi connectivity index (χ1n) is 12.6. The van der Waals surface area contributed by atoms with E-state index in [-0.39, 0.29) is 17.0 Å². The lowest BCUT2D eigenvalue weighted by Crippen LogP contribution is -2.42. The van der Waals surface area contributed by atoms with Crippen LogP contribution in [0.25, 0.3) is 16.8 Å². The van der Waals surface area contributed by atoms with Gasteiger partial charge in [0.15, 0.2) is 21.3 Å². The van der Waals surface area contributed by atoms with Crippen LogP contribution in [0.15, 0.2) is 59.9 Å². The lowest BCUT2D eigenvalue weighted by atomic mass is 10.1. The van der Waals surface area contributed by atoms with Crippen molar-refractivity contribution in [3.05, 3.63) is 66.4 Å². The summed E-state index contributed by atoms with van der Waals surface area (Å²) in [5.74, 6) is 0.671. The molecule has 1 aliphatic rings. The van der Waals surface area contributed by atoms with Crippen molar-refractivity contribution >= 4 is 21.6 Å². The minimum Gasteiger partial charge on any atom is -0.444 e. The van der Waals surface area contributed by atoms with Gasteiger partial charge in [-0.15, -0.1) is 0 Å². The Bertz CT molecular complexity index is 1560. The molecular formula is C27H32N6O4S. The van der Waals surface area contributed by atoms with E-state index in [1.165, 1.54) is 6.26 Å². The van der Waals surface area contributed by atoms with E-state index in [2.05, 4.69) is 10.2 Å². The van der Waals surface area contributed by atoms with E-state index in [1.54, 1.807) is 33.7 Å². The standard InChI is InChI=1S/C27H32N6O4S/c1-27(2,3)37-26(34)31-14-11-21(12-15-31)33-18-19(17-28-33)16-24-29-25-23(6-5-13-32(25)30-24)20-7-9-22(10-8-20)38(4,35)36/h5-10,13,17-18,21H,11-12,14-16H2,1-4H3. The first-order chi connectivity index (χ1) is 18.0. The highest BCUT2D eigenvalue weighted by atomic mass is 32.2. The van der Waals surface area contributed by atoms with Gasteiger partial charge in [-0.05, 0) is 69.0 Å². The van der Waals surface area contributed by atoms with Crippen LogP contribution in [0.5, 0.6) is 0 Å². The van der Waals surface area contributed by atoms with Gasteiger partial charge in [-0.3, -0.25) is 4.68 Å². The van der Waals surface area contributed by atoms with Crippen molar-refractivity contribution in [1.82, 2.24) is 29.3 Å². The molecule has 4 aromatic rings. The number of aromatic nitrogens is 5.